The average Bonchev–Trinajstić information content (AvgIpc) is 3.46. The average molecular weight is 406 g/mol. The fourth-order valence-electron chi connectivity index (χ4n) is 3.97. The summed E-state index contributed by atoms with van der Waals surface area (Å²) in [5.41, 5.74) is 1.31. The number of nitrogens with zero attached hydrogens (tertiary/aromatic N) is 2. The predicted octanol–water partition coefficient (Wildman–Crippen LogP) is 3.81. The van der Waals surface area contributed by atoms with Crippen LogP contribution in [-0.2, 0) is 14.4 Å². The monoisotopic (exact) mass is 406 g/mol. The molecule has 0 radical (unpaired) electrons. The molecule has 0 unspecified atom stereocenters. The number of ether oxygens (including phenoxy) is 1. The Morgan fingerprint density at radius 3 is 2.45 bits per heavy atom. The van der Waals surface area contributed by atoms with Crippen LogP contribution < -0.4 is 14.7 Å². The molecule has 6 nitrogen and oxygen atoms in total. The maximum Gasteiger partial charge on any atom is 0.266 e. The molecule has 146 valence electrons. The molecule has 3 atom stereocenters. The topological polar surface area (TPSA) is 59.1 Å². The number of hydrogen-bond acceptors (Lipinski definition) is 6. The maximum absolute atomic E-state index is 13.4. The minimum atomic E-state index is -0.860. The van der Waals surface area contributed by atoms with Crippen molar-refractivity contribution in [3.05, 3.63) is 77.0 Å². The van der Waals surface area contributed by atoms with Crippen molar-refractivity contribution in [1.29, 1.82) is 0 Å². The van der Waals surface area contributed by atoms with Crippen LogP contribution in [0.5, 0.6) is 5.75 Å². The van der Waals surface area contributed by atoms with Crippen molar-refractivity contribution in [1.82, 2.24) is 0 Å². The molecule has 0 saturated carbocycles. The first-order chi connectivity index (χ1) is 14.2. The van der Waals surface area contributed by atoms with Gasteiger partial charge in [0.05, 0.1) is 18.5 Å². The van der Waals surface area contributed by atoms with E-state index in [4.69, 9.17) is 9.57 Å². The molecule has 0 bridgehead atoms. The lowest BCUT2D eigenvalue weighted by Gasteiger charge is -2.27. The third kappa shape index (κ3) is 2.82. The van der Waals surface area contributed by atoms with E-state index in [9.17, 15) is 9.59 Å². The number of imide groups is 1. The van der Waals surface area contributed by atoms with Gasteiger partial charge in [-0.25, -0.2) is 9.96 Å². The highest BCUT2D eigenvalue weighted by molar-refractivity contribution is 7.10. The number of methoxy groups -OCH3 is 1. The van der Waals surface area contributed by atoms with E-state index in [1.54, 1.807) is 47.8 Å². The van der Waals surface area contributed by atoms with Crippen molar-refractivity contribution < 1.29 is 19.2 Å². The molecule has 5 rings (SSSR count). The van der Waals surface area contributed by atoms with E-state index >= 15 is 0 Å². The molecule has 29 heavy (non-hydrogen) atoms. The van der Waals surface area contributed by atoms with Gasteiger partial charge in [0, 0.05) is 10.9 Å². The first-order valence-electron chi connectivity index (χ1n) is 9.25. The van der Waals surface area contributed by atoms with E-state index < -0.39 is 12.0 Å². The highest BCUT2D eigenvalue weighted by atomic mass is 32.1. The van der Waals surface area contributed by atoms with E-state index in [2.05, 4.69) is 0 Å². The number of para-hydroxylation sites is 1. The Morgan fingerprint density at radius 1 is 0.931 bits per heavy atom. The van der Waals surface area contributed by atoms with E-state index in [0.29, 0.717) is 11.4 Å². The quantitative estimate of drug-likeness (QED) is 0.617. The van der Waals surface area contributed by atoms with Crippen LogP contribution in [0.15, 0.2) is 72.1 Å². The molecule has 7 heteroatoms. The molecule has 0 spiro atoms. The smallest absolute Gasteiger partial charge is 0.266 e. The van der Waals surface area contributed by atoms with Crippen LogP contribution in [0.2, 0.25) is 0 Å². The summed E-state index contributed by atoms with van der Waals surface area (Å²) in [6.45, 7) is 0. The Labute approximate surface area is 171 Å². The minimum Gasteiger partial charge on any atom is -0.497 e. The molecule has 3 heterocycles. The van der Waals surface area contributed by atoms with Crippen molar-refractivity contribution in [3.63, 3.8) is 0 Å². The maximum atomic E-state index is 13.4. The van der Waals surface area contributed by atoms with Gasteiger partial charge >= 0.3 is 0 Å². The van der Waals surface area contributed by atoms with Gasteiger partial charge < -0.3 is 4.74 Å². The molecule has 2 aromatic carbocycles. The van der Waals surface area contributed by atoms with Gasteiger partial charge in [-0.05, 0) is 35.7 Å². The fraction of sp³-hybridized carbons (Fsp3) is 0.182. The van der Waals surface area contributed by atoms with Crippen molar-refractivity contribution >= 4 is 34.5 Å². The third-order valence-electron chi connectivity index (χ3n) is 5.27. The van der Waals surface area contributed by atoms with Crippen molar-refractivity contribution in [2.75, 3.05) is 17.1 Å². The van der Waals surface area contributed by atoms with E-state index in [1.165, 1.54) is 4.90 Å². The molecule has 0 aliphatic carbocycles. The Bertz CT molecular complexity index is 1050. The first-order valence-corrected chi connectivity index (χ1v) is 10.1. The lowest BCUT2D eigenvalue weighted by molar-refractivity contribution is -0.126. The zero-order valence-corrected chi connectivity index (χ0v) is 16.4. The molecule has 2 aliphatic heterocycles. The normalized spacial score (nSPS) is 23.6. The minimum absolute atomic E-state index is 0.259. The van der Waals surface area contributed by atoms with Crippen LogP contribution in [0.4, 0.5) is 11.4 Å². The second kappa shape index (κ2) is 7.02. The van der Waals surface area contributed by atoms with Gasteiger partial charge in [-0.3, -0.25) is 14.4 Å². The molecular weight excluding hydrogens is 388 g/mol. The summed E-state index contributed by atoms with van der Waals surface area (Å²) in [5, 5.41) is 3.67. The molecule has 0 N–H and O–H groups in total. The number of carbonyl (C=O) groups is 2. The second-order valence-electron chi connectivity index (χ2n) is 6.89. The van der Waals surface area contributed by atoms with Crippen molar-refractivity contribution in [2.24, 2.45) is 5.92 Å². The zero-order chi connectivity index (χ0) is 20.0. The Morgan fingerprint density at radius 2 is 1.72 bits per heavy atom. The van der Waals surface area contributed by atoms with Crippen LogP contribution in [0.1, 0.15) is 10.9 Å². The van der Waals surface area contributed by atoms with Crippen LogP contribution in [0.25, 0.3) is 0 Å². The van der Waals surface area contributed by atoms with Crippen LogP contribution in [0, 0.1) is 5.92 Å². The number of fused-ring (bicyclic) bond motifs is 1. The highest BCUT2D eigenvalue weighted by Crippen LogP contribution is 2.48. The number of hydrogen-bond donors (Lipinski definition) is 0. The third-order valence-corrected chi connectivity index (χ3v) is 6.22. The highest BCUT2D eigenvalue weighted by Gasteiger charge is 2.60. The first kappa shape index (κ1) is 17.9. The van der Waals surface area contributed by atoms with Gasteiger partial charge in [-0.1, -0.05) is 30.3 Å². The number of thiophene rings is 1. The lowest BCUT2D eigenvalue weighted by atomic mass is 9.95. The Kier molecular flexibility index (Phi) is 4.34. The second-order valence-corrected chi connectivity index (χ2v) is 7.87. The molecule has 1 aromatic heterocycles. The van der Waals surface area contributed by atoms with Gasteiger partial charge in [0.15, 0.2) is 6.10 Å². The lowest BCUT2D eigenvalue weighted by Crippen LogP contribution is -2.37. The van der Waals surface area contributed by atoms with Gasteiger partial charge in [-0.2, -0.15) is 0 Å². The van der Waals surface area contributed by atoms with Gasteiger partial charge in [0.2, 0.25) is 5.91 Å². The molecule has 3 aromatic rings. The SMILES string of the molecule is COc1cccc(N2C(=O)[C@@H]3[C@@H](ON(c4ccccc4)[C@H]3c3cccs3)C2=O)c1. The van der Waals surface area contributed by atoms with Gasteiger partial charge in [-0.15, -0.1) is 11.3 Å². The number of hydroxylamine groups is 1. The number of anilines is 2. The summed E-state index contributed by atoms with van der Waals surface area (Å²) in [7, 11) is 1.55. The standard InChI is InChI=1S/C22H18N2O4S/c1-27-16-10-5-9-15(13-16)23-21(25)18-19(17-11-6-12-29-17)24(28-20(18)22(23)26)14-7-3-2-4-8-14/h2-13,18-20H,1H3/t18-,19-,20+/m0/s1. The van der Waals surface area contributed by atoms with Crippen LogP contribution >= 0.6 is 11.3 Å². The van der Waals surface area contributed by atoms with E-state index in [1.807, 2.05) is 47.8 Å². The number of rotatable bonds is 4. The van der Waals surface area contributed by atoms with Gasteiger partial charge in [0.1, 0.15) is 17.7 Å². The van der Waals surface area contributed by atoms with Crippen LogP contribution in [-0.4, -0.2) is 25.0 Å². The number of carbonyl (C=O) groups excluding carboxylic acids is 2. The molecule has 2 saturated heterocycles. The molecule has 2 amide bonds. The summed E-state index contributed by atoms with van der Waals surface area (Å²) in [6.07, 6.45) is -0.860. The summed E-state index contributed by atoms with van der Waals surface area (Å²) in [5.74, 6) is -0.646. The van der Waals surface area contributed by atoms with Crippen molar-refractivity contribution in [3.8, 4) is 5.75 Å². The van der Waals surface area contributed by atoms with Crippen LogP contribution in [0.3, 0.4) is 0 Å². The Hall–Kier alpha value is -3.16. The summed E-state index contributed by atoms with van der Waals surface area (Å²) < 4.78 is 5.25. The summed E-state index contributed by atoms with van der Waals surface area (Å²) in [4.78, 5) is 34.9. The predicted molar refractivity (Wildman–Crippen MR) is 110 cm³/mol. The van der Waals surface area contributed by atoms with E-state index in [0.717, 1.165) is 10.6 Å². The number of amides is 2. The zero-order valence-electron chi connectivity index (χ0n) is 15.6. The van der Waals surface area contributed by atoms with E-state index in [-0.39, 0.29) is 17.9 Å². The fourth-order valence-corrected chi connectivity index (χ4v) is 4.82. The number of benzene rings is 2. The summed E-state index contributed by atoms with van der Waals surface area (Å²) in [6, 6.07) is 20.1. The molecule has 2 aliphatic rings. The largest absolute Gasteiger partial charge is 0.497 e. The molecular formula is C22H18N2O4S. The van der Waals surface area contributed by atoms with Gasteiger partial charge in [0.25, 0.3) is 5.91 Å². The Balaban J connectivity index is 1.56. The summed E-state index contributed by atoms with van der Waals surface area (Å²) >= 11 is 1.55. The molecule has 2 fully saturated rings. The van der Waals surface area contributed by atoms with Crippen molar-refractivity contribution in [2.45, 2.75) is 12.1 Å².